The molecule has 0 spiro atoms. The molecule has 2 N–H and O–H groups in total. The molecule has 5 nitrogen and oxygen atoms in total. The van der Waals surface area contributed by atoms with Gasteiger partial charge in [-0.1, -0.05) is 31.0 Å². The molecule has 1 aromatic rings. The van der Waals surface area contributed by atoms with Crippen LogP contribution in [-0.4, -0.2) is 30.5 Å². The second kappa shape index (κ2) is 9.74. The summed E-state index contributed by atoms with van der Waals surface area (Å²) < 4.78 is 11.7. The van der Waals surface area contributed by atoms with Gasteiger partial charge in [-0.05, 0) is 55.7 Å². The molecule has 0 aromatic heterocycles. The molecule has 0 bridgehead atoms. The maximum atomic E-state index is 12.7. The smallest absolute Gasteiger partial charge is 0.290 e. The van der Waals surface area contributed by atoms with Crippen LogP contribution in [0.3, 0.4) is 0 Å². The number of aliphatic hydroxyl groups is 1. The lowest BCUT2D eigenvalue weighted by Crippen LogP contribution is -2.32. The van der Waals surface area contributed by atoms with Crippen LogP contribution in [0.25, 0.3) is 0 Å². The minimum absolute atomic E-state index is 0.171. The van der Waals surface area contributed by atoms with E-state index >= 15 is 0 Å². The number of hydrogen-bond donors (Lipinski definition) is 2. The van der Waals surface area contributed by atoms with Crippen molar-refractivity contribution in [3.05, 3.63) is 42.2 Å². The van der Waals surface area contributed by atoms with E-state index in [1.165, 1.54) is 25.7 Å². The van der Waals surface area contributed by atoms with Crippen molar-refractivity contribution in [3.63, 3.8) is 0 Å². The predicted octanol–water partition coefficient (Wildman–Crippen LogP) is 3.85. The highest BCUT2D eigenvalue weighted by Crippen LogP contribution is 2.38. The number of carbonyl (C=O) groups is 1. The molecular weight excluding hydrogens is 330 g/mol. The summed E-state index contributed by atoms with van der Waals surface area (Å²) in [4.78, 5) is 12.7. The number of nitrogens with one attached hydrogen (secondary N) is 1. The van der Waals surface area contributed by atoms with E-state index in [9.17, 15) is 4.79 Å². The third-order valence-electron chi connectivity index (χ3n) is 5.21. The van der Waals surface area contributed by atoms with E-state index in [1.807, 2.05) is 36.4 Å². The van der Waals surface area contributed by atoms with Crippen LogP contribution in [0.15, 0.2) is 42.2 Å². The van der Waals surface area contributed by atoms with Crippen molar-refractivity contribution in [1.29, 1.82) is 0 Å². The number of anilines is 1. The van der Waals surface area contributed by atoms with Gasteiger partial charge < -0.3 is 19.9 Å². The second-order valence-corrected chi connectivity index (χ2v) is 7.14. The van der Waals surface area contributed by atoms with Gasteiger partial charge in [-0.15, -0.1) is 0 Å². The highest BCUT2D eigenvalue weighted by Gasteiger charge is 2.33. The van der Waals surface area contributed by atoms with Gasteiger partial charge in [0.05, 0.1) is 6.61 Å². The van der Waals surface area contributed by atoms with Crippen molar-refractivity contribution in [3.8, 4) is 0 Å². The SMILES string of the molecule is O=C(Nc1ccccc1)C1=C[C@H](C2CCCC2)C[C@H](OCCCCO)O1. The molecule has 142 valence electrons. The summed E-state index contributed by atoms with van der Waals surface area (Å²) in [6, 6.07) is 9.41. The summed E-state index contributed by atoms with van der Waals surface area (Å²) in [5, 5.41) is 11.8. The summed E-state index contributed by atoms with van der Waals surface area (Å²) >= 11 is 0. The largest absolute Gasteiger partial charge is 0.459 e. The van der Waals surface area contributed by atoms with Crippen LogP contribution in [-0.2, 0) is 14.3 Å². The molecule has 0 saturated heterocycles. The number of benzene rings is 1. The van der Waals surface area contributed by atoms with E-state index in [0.717, 1.165) is 24.9 Å². The van der Waals surface area contributed by atoms with E-state index in [-0.39, 0.29) is 18.8 Å². The van der Waals surface area contributed by atoms with Crippen LogP contribution in [0.5, 0.6) is 0 Å². The first-order chi connectivity index (χ1) is 12.8. The maximum Gasteiger partial charge on any atom is 0.290 e. The van der Waals surface area contributed by atoms with Gasteiger partial charge in [-0.3, -0.25) is 4.79 Å². The van der Waals surface area contributed by atoms with Crippen molar-refractivity contribution >= 4 is 11.6 Å². The van der Waals surface area contributed by atoms with E-state index in [2.05, 4.69) is 5.32 Å². The van der Waals surface area contributed by atoms with Crippen molar-refractivity contribution in [2.45, 2.75) is 51.2 Å². The van der Waals surface area contributed by atoms with Crippen LogP contribution in [0, 0.1) is 11.8 Å². The Morgan fingerprint density at radius 1 is 1.19 bits per heavy atom. The van der Waals surface area contributed by atoms with Gasteiger partial charge in [0.15, 0.2) is 5.76 Å². The summed E-state index contributed by atoms with van der Waals surface area (Å²) in [7, 11) is 0. The maximum absolute atomic E-state index is 12.7. The molecule has 2 aliphatic rings. The van der Waals surface area contributed by atoms with Crippen molar-refractivity contribution < 1.29 is 19.4 Å². The number of rotatable bonds is 8. The van der Waals surface area contributed by atoms with Crippen molar-refractivity contribution in [1.82, 2.24) is 0 Å². The van der Waals surface area contributed by atoms with E-state index < -0.39 is 0 Å². The fourth-order valence-electron chi connectivity index (χ4n) is 3.80. The molecule has 5 heteroatoms. The third-order valence-corrected chi connectivity index (χ3v) is 5.21. The van der Waals surface area contributed by atoms with Crippen LogP contribution >= 0.6 is 0 Å². The number of ether oxygens (including phenoxy) is 2. The highest BCUT2D eigenvalue weighted by molar-refractivity contribution is 6.02. The summed E-state index contributed by atoms with van der Waals surface area (Å²) in [6.45, 7) is 0.709. The van der Waals surface area contributed by atoms with Crippen LogP contribution < -0.4 is 5.32 Å². The lowest BCUT2D eigenvalue weighted by Gasteiger charge is -2.32. The Bertz CT molecular complexity index is 595. The van der Waals surface area contributed by atoms with Gasteiger partial charge in [0.1, 0.15) is 0 Å². The lowest BCUT2D eigenvalue weighted by atomic mass is 9.86. The number of unbranched alkanes of at least 4 members (excludes halogenated alkanes) is 1. The fourth-order valence-corrected chi connectivity index (χ4v) is 3.80. The molecule has 1 aliphatic carbocycles. The summed E-state index contributed by atoms with van der Waals surface area (Å²) in [5.74, 6) is 1.08. The van der Waals surface area contributed by atoms with E-state index in [0.29, 0.717) is 24.2 Å². The molecule has 1 fully saturated rings. The molecular formula is C21H29NO4. The number of amides is 1. The molecule has 2 atom stereocenters. The zero-order valence-electron chi connectivity index (χ0n) is 15.2. The first kappa shape index (κ1) is 18.9. The van der Waals surface area contributed by atoms with Crippen LogP contribution in [0.4, 0.5) is 5.69 Å². The van der Waals surface area contributed by atoms with E-state index in [4.69, 9.17) is 14.6 Å². The quantitative estimate of drug-likeness (QED) is 0.692. The standard InChI is InChI=1S/C21H29NO4/c23-12-6-7-13-25-20-15-17(16-8-4-5-9-16)14-19(26-20)21(24)22-18-10-2-1-3-11-18/h1-3,10-11,14,16-17,20,23H,4-9,12-13,15H2,(H,22,24)/t17-,20+/m0/s1. The number of carbonyl (C=O) groups excluding carboxylic acids is 1. The first-order valence-electron chi connectivity index (χ1n) is 9.73. The van der Waals surface area contributed by atoms with Gasteiger partial charge in [-0.25, -0.2) is 0 Å². The third kappa shape index (κ3) is 5.32. The molecule has 1 aliphatic heterocycles. The van der Waals surface area contributed by atoms with Gasteiger partial charge in [0, 0.05) is 18.7 Å². The second-order valence-electron chi connectivity index (χ2n) is 7.14. The molecule has 1 heterocycles. The Balaban J connectivity index is 1.65. The van der Waals surface area contributed by atoms with Gasteiger partial charge in [0.2, 0.25) is 6.29 Å². The first-order valence-corrected chi connectivity index (χ1v) is 9.73. The van der Waals surface area contributed by atoms with Gasteiger partial charge in [-0.2, -0.15) is 0 Å². The molecule has 0 unspecified atom stereocenters. The molecule has 26 heavy (non-hydrogen) atoms. The van der Waals surface area contributed by atoms with Gasteiger partial charge >= 0.3 is 0 Å². The van der Waals surface area contributed by atoms with Crippen LogP contribution in [0.2, 0.25) is 0 Å². The Kier molecular flexibility index (Phi) is 7.09. The minimum Gasteiger partial charge on any atom is -0.459 e. The normalized spacial score (nSPS) is 23.3. The molecule has 1 saturated carbocycles. The highest BCUT2D eigenvalue weighted by atomic mass is 16.7. The Morgan fingerprint density at radius 3 is 2.69 bits per heavy atom. The zero-order chi connectivity index (χ0) is 18.2. The summed E-state index contributed by atoms with van der Waals surface area (Å²) in [6.07, 6.45) is 8.88. The Hall–Kier alpha value is -1.85. The topological polar surface area (TPSA) is 67.8 Å². The average molecular weight is 359 g/mol. The molecule has 0 radical (unpaired) electrons. The average Bonchev–Trinajstić information content (AvgIpc) is 3.21. The molecule has 1 aromatic carbocycles. The monoisotopic (exact) mass is 359 g/mol. The minimum atomic E-state index is -0.388. The van der Waals surface area contributed by atoms with E-state index in [1.54, 1.807) is 0 Å². The molecule has 3 rings (SSSR count). The zero-order valence-corrected chi connectivity index (χ0v) is 15.2. The number of allylic oxidation sites excluding steroid dienone is 1. The number of para-hydroxylation sites is 1. The fraction of sp³-hybridized carbons (Fsp3) is 0.571. The van der Waals surface area contributed by atoms with Gasteiger partial charge in [0.25, 0.3) is 5.91 Å². The molecule has 1 amide bonds. The van der Waals surface area contributed by atoms with Crippen molar-refractivity contribution in [2.24, 2.45) is 11.8 Å². The Morgan fingerprint density at radius 2 is 1.96 bits per heavy atom. The summed E-state index contributed by atoms with van der Waals surface area (Å²) in [5.41, 5.74) is 0.755. The Labute approximate surface area is 155 Å². The number of hydrogen-bond acceptors (Lipinski definition) is 4. The lowest BCUT2D eigenvalue weighted by molar-refractivity contribution is -0.148. The van der Waals surface area contributed by atoms with Crippen LogP contribution in [0.1, 0.15) is 44.9 Å². The predicted molar refractivity (Wildman–Crippen MR) is 100 cm³/mol. The number of aliphatic hydroxyl groups excluding tert-OH is 1. The van der Waals surface area contributed by atoms with Crippen molar-refractivity contribution in [2.75, 3.05) is 18.5 Å².